The highest BCUT2D eigenvalue weighted by Crippen LogP contribution is 1.96. The minimum atomic E-state index is -0.164. The van der Waals surface area contributed by atoms with Gasteiger partial charge in [0, 0.05) is 5.54 Å². The molecule has 0 rings (SSSR count). The number of rotatable bonds is 3. The summed E-state index contributed by atoms with van der Waals surface area (Å²) in [5.41, 5.74) is 2.18. The van der Waals surface area contributed by atoms with Crippen LogP contribution in [0.15, 0.2) is 0 Å². The van der Waals surface area contributed by atoms with E-state index in [1.165, 1.54) is 7.11 Å². The number of carbonyl (C=O) groups excluding carboxylic acids is 1. The Balaban J connectivity index is 3.46. The average molecular weight is 160 g/mol. The maximum Gasteiger partial charge on any atom is 0.257 e. The minimum Gasteiger partial charge on any atom is -0.304 e. The minimum absolute atomic E-state index is 0.0366. The number of hydroxylamine groups is 1. The third-order valence-electron chi connectivity index (χ3n) is 0.995. The van der Waals surface area contributed by atoms with E-state index in [0.29, 0.717) is 0 Å². The first kappa shape index (κ1) is 10.4. The van der Waals surface area contributed by atoms with Gasteiger partial charge in [-0.25, -0.2) is 5.48 Å². The molecule has 0 aliphatic heterocycles. The Morgan fingerprint density at radius 2 is 2.00 bits per heavy atom. The van der Waals surface area contributed by atoms with Crippen LogP contribution in [0.4, 0.5) is 0 Å². The van der Waals surface area contributed by atoms with Crippen LogP contribution in [0.2, 0.25) is 0 Å². The molecule has 0 spiro atoms. The first-order valence-electron chi connectivity index (χ1n) is 3.52. The molecule has 0 aromatic rings. The summed E-state index contributed by atoms with van der Waals surface area (Å²) < 4.78 is 0. The molecule has 1 amide bonds. The van der Waals surface area contributed by atoms with Crippen molar-refractivity contribution in [2.24, 2.45) is 0 Å². The molecule has 4 heteroatoms. The normalized spacial score (nSPS) is 11.3. The second kappa shape index (κ2) is 4.31. The van der Waals surface area contributed by atoms with Crippen LogP contribution < -0.4 is 10.8 Å². The monoisotopic (exact) mass is 160 g/mol. The molecule has 0 radical (unpaired) electrons. The van der Waals surface area contributed by atoms with Crippen molar-refractivity contribution in [2.45, 2.75) is 26.3 Å². The predicted octanol–water partition coefficient (Wildman–Crippen LogP) is 0.0521. The van der Waals surface area contributed by atoms with Gasteiger partial charge in [0.15, 0.2) is 0 Å². The van der Waals surface area contributed by atoms with Crippen LogP contribution in [0, 0.1) is 0 Å². The first-order valence-corrected chi connectivity index (χ1v) is 3.52. The van der Waals surface area contributed by atoms with Crippen molar-refractivity contribution >= 4 is 5.91 Å². The van der Waals surface area contributed by atoms with Gasteiger partial charge in [-0.2, -0.15) is 0 Å². The molecule has 0 aromatic heterocycles. The molecule has 0 aromatic carbocycles. The maximum atomic E-state index is 10.8. The van der Waals surface area contributed by atoms with Crippen molar-refractivity contribution in [1.29, 1.82) is 0 Å². The highest BCUT2D eigenvalue weighted by Gasteiger charge is 2.10. The fraction of sp³-hybridized carbons (Fsp3) is 0.857. The molecule has 0 saturated heterocycles. The lowest BCUT2D eigenvalue weighted by Gasteiger charge is -2.19. The van der Waals surface area contributed by atoms with Gasteiger partial charge >= 0.3 is 0 Å². The van der Waals surface area contributed by atoms with Gasteiger partial charge in [-0.05, 0) is 20.8 Å². The average Bonchev–Trinajstić information content (AvgIpc) is 1.83. The van der Waals surface area contributed by atoms with Crippen LogP contribution in [0.1, 0.15) is 20.8 Å². The van der Waals surface area contributed by atoms with Crippen molar-refractivity contribution in [3.63, 3.8) is 0 Å². The Hall–Kier alpha value is -0.610. The van der Waals surface area contributed by atoms with Gasteiger partial charge in [0.05, 0.1) is 13.7 Å². The molecular formula is C7H16N2O2. The molecule has 0 bridgehead atoms. The highest BCUT2D eigenvalue weighted by atomic mass is 16.6. The van der Waals surface area contributed by atoms with Crippen LogP contribution in [-0.4, -0.2) is 25.1 Å². The molecule has 2 N–H and O–H groups in total. The Morgan fingerprint density at radius 1 is 1.45 bits per heavy atom. The maximum absolute atomic E-state index is 10.8. The lowest BCUT2D eigenvalue weighted by molar-refractivity contribution is -0.130. The molecule has 0 aliphatic carbocycles. The van der Waals surface area contributed by atoms with Gasteiger partial charge in [-0.1, -0.05) is 0 Å². The Morgan fingerprint density at radius 3 is 2.36 bits per heavy atom. The summed E-state index contributed by atoms with van der Waals surface area (Å²) >= 11 is 0. The van der Waals surface area contributed by atoms with Gasteiger partial charge < -0.3 is 5.32 Å². The standard InChI is InChI=1S/C7H16N2O2/c1-7(2,3)8-5-6(10)9-11-4/h8H,5H2,1-4H3,(H,9,10). The number of hydrogen-bond donors (Lipinski definition) is 2. The van der Waals surface area contributed by atoms with E-state index < -0.39 is 0 Å². The Labute approximate surface area is 67.3 Å². The second-order valence-corrected chi connectivity index (χ2v) is 3.33. The lowest BCUT2D eigenvalue weighted by atomic mass is 10.1. The van der Waals surface area contributed by atoms with E-state index in [4.69, 9.17) is 0 Å². The smallest absolute Gasteiger partial charge is 0.257 e. The van der Waals surface area contributed by atoms with Crippen LogP contribution >= 0.6 is 0 Å². The van der Waals surface area contributed by atoms with Crippen LogP contribution in [0.25, 0.3) is 0 Å². The zero-order valence-corrected chi connectivity index (χ0v) is 7.52. The van der Waals surface area contributed by atoms with E-state index in [1.54, 1.807) is 0 Å². The lowest BCUT2D eigenvalue weighted by Crippen LogP contribution is -2.42. The molecule has 0 unspecified atom stereocenters. The summed E-state index contributed by atoms with van der Waals surface area (Å²) in [5.74, 6) is -0.164. The van der Waals surface area contributed by atoms with Crippen molar-refractivity contribution in [3.05, 3.63) is 0 Å². The third kappa shape index (κ3) is 7.29. The molecule has 0 fully saturated rings. The van der Waals surface area contributed by atoms with Crippen LogP contribution in [-0.2, 0) is 9.63 Å². The van der Waals surface area contributed by atoms with E-state index in [-0.39, 0.29) is 18.0 Å². The molecule has 0 atom stereocenters. The van der Waals surface area contributed by atoms with Gasteiger partial charge in [-0.15, -0.1) is 0 Å². The number of amides is 1. The SMILES string of the molecule is CONC(=O)CNC(C)(C)C. The second-order valence-electron chi connectivity index (χ2n) is 3.33. The van der Waals surface area contributed by atoms with Gasteiger partial charge in [-0.3, -0.25) is 9.63 Å². The third-order valence-corrected chi connectivity index (χ3v) is 0.995. The highest BCUT2D eigenvalue weighted by molar-refractivity contribution is 5.76. The van der Waals surface area contributed by atoms with Crippen molar-refractivity contribution in [2.75, 3.05) is 13.7 Å². The van der Waals surface area contributed by atoms with Crippen molar-refractivity contribution < 1.29 is 9.63 Å². The Bertz CT molecular complexity index is 129. The summed E-state index contributed by atoms with van der Waals surface area (Å²) in [7, 11) is 1.41. The van der Waals surface area contributed by atoms with Crippen molar-refractivity contribution in [1.82, 2.24) is 10.8 Å². The number of carbonyl (C=O) groups is 1. The van der Waals surface area contributed by atoms with E-state index in [1.807, 2.05) is 20.8 Å². The van der Waals surface area contributed by atoms with Gasteiger partial charge in [0.25, 0.3) is 5.91 Å². The van der Waals surface area contributed by atoms with E-state index >= 15 is 0 Å². The van der Waals surface area contributed by atoms with E-state index in [0.717, 1.165) is 0 Å². The molecule has 0 saturated carbocycles. The molecule has 66 valence electrons. The van der Waals surface area contributed by atoms with E-state index in [2.05, 4.69) is 15.6 Å². The molecule has 0 aliphatic rings. The van der Waals surface area contributed by atoms with Crippen LogP contribution in [0.3, 0.4) is 0 Å². The topological polar surface area (TPSA) is 50.4 Å². The molecule has 0 heterocycles. The first-order chi connectivity index (χ1) is 4.95. The summed E-state index contributed by atoms with van der Waals surface area (Å²) in [6.45, 7) is 6.25. The molecular weight excluding hydrogens is 144 g/mol. The van der Waals surface area contributed by atoms with Crippen LogP contribution in [0.5, 0.6) is 0 Å². The summed E-state index contributed by atoms with van der Waals surface area (Å²) in [6, 6.07) is 0. The number of hydrogen-bond acceptors (Lipinski definition) is 3. The fourth-order valence-corrected chi connectivity index (χ4v) is 0.495. The fourth-order valence-electron chi connectivity index (χ4n) is 0.495. The zero-order chi connectivity index (χ0) is 8.91. The zero-order valence-electron chi connectivity index (χ0n) is 7.52. The largest absolute Gasteiger partial charge is 0.304 e. The number of nitrogens with one attached hydrogen (secondary N) is 2. The molecule has 11 heavy (non-hydrogen) atoms. The summed E-state index contributed by atoms with van der Waals surface area (Å²) in [5, 5.41) is 3.01. The summed E-state index contributed by atoms with van der Waals surface area (Å²) in [4.78, 5) is 15.2. The van der Waals surface area contributed by atoms with Gasteiger partial charge in [0.2, 0.25) is 0 Å². The van der Waals surface area contributed by atoms with Crippen molar-refractivity contribution in [3.8, 4) is 0 Å². The molecule has 4 nitrogen and oxygen atoms in total. The summed E-state index contributed by atoms with van der Waals surface area (Å²) in [6.07, 6.45) is 0. The quantitative estimate of drug-likeness (QED) is 0.574. The van der Waals surface area contributed by atoms with E-state index in [9.17, 15) is 4.79 Å². The predicted molar refractivity (Wildman–Crippen MR) is 42.9 cm³/mol. The van der Waals surface area contributed by atoms with Gasteiger partial charge in [0.1, 0.15) is 0 Å². The Kier molecular flexibility index (Phi) is 4.07.